The standard InChI is InChI=1S/C20H20N2O4/c1-4-26-17-7-5-16(6-8-17)22-20(23)15(13-21)9-14-10-18(24-2)12-19(11-14)25-3/h5-12H,4H2,1-3H3,(H,22,23)/b15-9+. The van der Waals surface area contributed by atoms with E-state index in [0.29, 0.717) is 35.1 Å². The van der Waals surface area contributed by atoms with E-state index < -0.39 is 5.91 Å². The summed E-state index contributed by atoms with van der Waals surface area (Å²) in [5.74, 6) is 1.35. The molecule has 2 rings (SSSR count). The summed E-state index contributed by atoms with van der Waals surface area (Å²) in [5.41, 5.74) is 1.16. The molecule has 0 saturated carbocycles. The zero-order valence-electron chi connectivity index (χ0n) is 14.9. The van der Waals surface area contributed by atoms with E-state index >= 15 is 0 Å². The van der Waals surface area contributed by atoms with Crippen LogP contribution in [0, 0.1) is 11.3 Å². The molecule has 0 spiro atoms. The molecule has 0 bridgehead atoms. The fourth-order valence-corrected chi connectivity index (χ4v) is 2.23. The van der Waals surface area contributed by atoms with Gasteiger partial charge in [-0.25, -0.2) is 0 Å². The molecule has 2 aromatic rings. The Bertz CT molecular complexity index is 814. The number of hydrogen-bond acceptors (Lipinski definition) is 5. The number of nitrogens with one attached hydrogen (secondary N) is 1. The third-order valence-corrected chi connectivity index (χ3v) is 3.47. The normalized spacial score (nSPS) is 10.6. The summed E-state index contributed by atoms with van der Waals surface area (Å²) in [7, 11) is 3.07. The van der Waals surface area contributed by atoms with Crippen LogP contribution in [0.3, 0.4) is 0 Å². The van der Waals surface area contributed by atoms with Crippen molar-refractivity contribution in [3.05, 3.63) is 53.6 Å². The topological polar surface area (TPSA) is 80.6 Å². The van der Waals surface area contributed by atoms with Crippen molar-refractivity contribution < 1.29 is 19.0 Å². The van der Waals surface area contributed by atoms with Gasteiger partial charge in [-0.3, -0.25) is 4.79 Å². The predicted octanol–water partition coefficient (Wildman–Crippen LogP) is 3.65. The molecule has 0 radical (unpaired) electrons. The summed E-state index contributed by atoms with van der Waals surface area (Å²) < 4.78 is 15.7. The van der Waals surface area contributed by atoms with E-state index in [1.165, 1.54) is 20.3 Å². The van der Waals surface area contributed by atoms with Crippen LogP contribution in [0.5, 0.6) is 17.2 Å². The van der Waals surface area contributed by atoms with Crippen molar-refractivity contribution in [2.75, 3.05) is 26.1 Å². The number of hydrogen-bond donors (Lipinski definition) is 1. The maximum atomic E-state index is 12.4. The Morgan fingerprint density at radius 2 is 1.69 bits per heavy atom. The van der Waals surface area contributed by atoms with Gasteiger partial charge in [-0.05, 0) is 55.0 Å². The van der Waals surface area contributed by atoms with Crippen molar-refractivity contribution in [2.45, 2.75) is 6.92 Å². The van der Waals surface area contributed by atoms with Crippen LogP contribution in [0.1, 0.15) is 12.5 Å². The first kappa shape index (κ1) is 18.9. The molecule has 0 unspecified atom stereocenters. The van der Waals surface area contributed by atoms with Gasteiger partial charge in [0.15, 0.2) is 0 Å². The average molecular weight is 352 g/mol. The largest absolute Gasteiger partial charge is 0.497 e. The molecule has 0 aliphatic carbocycles. The number of nitriles is 1. The SMILES string of the molecule is CCOc1ccc(NC(=O)/C(C#N)=C/c2cc(OC)cc(OC)c2)cc1. The molecule has 6 heteroatoms. The summed E-state index contributed by atoms with van der Waals surface area (Å²) in [6.07, 6.45) is 1.48. The van der Waals surface area contributed by atoms with E-state index in [-0.39, 0.29) is 5.57 Å². The lowest BCUT2D eigenvalue weighted by atomic mass is 10.1. The molecule has 6 nitrogen and oxygen atoms in total. The lowest BCUT2D eigenvalue weighted by Gasteiger charge is -2.08. The quantitative estimate of drug-likeness (QED) is 0.608. The number of anilines is 1. The minimum atomic E-state index is -0.501. The fraction of sp³-hybridized carbons (Fsp3) is 0.200. The van der Waals surface area contributed by atoms with Crippen molar-refractivity contribution in [2.24, 2.45) is 0 Å². The Morgan fingerprint density at radius 3 is 2.19 bits per heavy atom. The van der Waals surface area contributed by atoms with Crippen molar-refractivity contribution in [3.8, 4) is 23.3 Å². The molecule has 1 amide bonds. The van der Waals surface area contributed by atoms with Gasteiger partial charge < -0.3 is 19.5 Å². The second-order valence-electron chi connectivity index (χ2n) is 5.23. The van der Waals surface area contributed by atoms with Crippen molar-refractivity contribution in [1.82, 2.24) is 0 Å². The zero-order valence-corrected chi connectivity index (χ0v) is 14.9. The Morgan fingerprint density at radius 1 is 1.08 bits per heavy atom. The zero-order chi connectivity index (χ0) is 18.9. The van der Waals surface area contributed by atoms with E-state index in [0.717, 1.165) is 0 Å². The predicted molar refractivity (Wildman–Crippen MR) is 99.4 cm³/mol. The van der Waals surface area contributed by atoms with Gasteiger partial charge in [-0.2, -0.15) is 5.26 Å². The summed E-state index contributed by atoms with van der Waals surface area (Å²) in [6.45, 7) is 2.46. The molecule has 134 valence electrons. The number of rotatable bonds is 7. The van der Waals surface area contributed by atoms with Gasteiger partial charge in [0.25, 0.3) is 5.91 Å². The number of carbonyl (C=O) groups is 1. The van der Waals surface area contributed by atoms with Gasteiger partial charge in [0.1, 0.15) is 28.9 Å². The van der Waals surface area contributed by atoms with Gasteiger partial charge in [0, 0.05) is 11.8 Å². The van der Waals surface area contributed by atoms with Crippen LogP contribution in [-0.4, -0.2) is 26.7 Å². The van der Waals surface area contributed by atoms with Crippen LogP contribution in [0.2, 0.25) is 0 Å². The smallest absolute Gasteiger partial charge is 0.266 e. The van der Waals surface area contributed by atoms with Crippen molar-refractivity contribution in [1.29, 1.82) is 5.26 Å². The van der Waals surface area contributed by atoms with Crippen LogP contribution in [0.25, 0.3) is 6.08 Å². The molecule has 26 heavy (non-hydrogen) atoms. The molecule has 2 aromatic carbocycles. The van der Waals surface area contributed by atoms with E-state index in [1.54, 1.807) is 42.5 Å². The highest BCUT2D eigenvalue weighted by molar-refractivity contribution is 6.09. The summed E-state index contributed by atoms with van der Waals surface area (Å²) in [5, 5.41) is 12.0. The number of methoxy groups -OCH3 is 2. The van der Waals surface area contributed by atoms with Gasteiger partial charge in [-0.15, -0.1) is 0 Å². The molecule has 0 aliphatic rings. The Labute approximate surface area is 152 Å². The minimum absolute atomic E-state index is 0.0332. The number of benzene rings is 2. The maximum absolute atomic E-state index is 12.4. The van der Waals surface area contributed by atoms with Crippen LogP contribution in [0.4, 0.5) is 5.69 Å². The summed E-state index contributed by atoms with van der Waals surface area (Å²) in [6, 6.07) is 14.0. The summed E-state index contributed by atoms with van der Waals surface area (Å²) in [4.78, 5) is 12.4. The maximum Gasteiger partial charge on any atom is 0.266 e. The molecule has 0 aromatic heterocycles. The minimum Gasteiger partial charge on any atom is -0.497 e. The first-order chi connectivity index (χ1) is 12.6. The molecule has 0 aliphatic heterocycles. The van der Waals surface area contributed by atoms with Crippen molar-refractivity contribution >= 4 is 17.7 Å². The molecular formula is C20H20N2O4. The number of carbonyl (C=O) groups excluding carboxylic acids is 1. The molecule has 0 fully saturated rings. The second kappa shape index (κ2) is 9.14. The third kappa shape index (κ3) is 5.02. The molecule has 0 heterocycles. The highest BCUT2D eigenvalue weighted by atomic mass is 16.5. The molecule has 0 saturated heterocycles. The third-order valence-electron chi connectivity index (χ3n) is 3.47. The monoisotopic (exact) mass is 352 g/mol. The van der Waals surface area contributed by atoms with Crippen molar-refractivity contribution in [3.63, 3.8) is 0 Å². The molecule has 0 atom stereocenters. The Kier molecular flexibility index (Phi) is 6.63. The first-order valence-corrected chi connectivity index (χ1v) is 7.98. The highest BCUT2D eigenvalue weighted by Gasteiger charge is 2.11. The summed E-state index contributed by atoms with van der Waals surface area (Å²) >= 11 is 0. The van der Waals surface area contributed by atoms with Gasteiger partial charge in [0.2, 0.25) is 0 Å². The van der Waals surface area contributed by atoms with E-state index in [1.807, 2.05) is 13.0 Å². The van der Waals surface area contributed by atoms with Gasteiger partial charge in [0.05, 0.1) is 20.8 Å². The van der Waals surface area contributed by atoms with Crippen LogP contribution >= 0.6 is 0 Å². The lowest BCUT2D eigenvalue weighted by molar-refractivity contribution is -0.112. The molecule has 1 N–H and O–H groups in total. The van der Waals surface area contributed by atoms with Crippen LogP contribution < -0.4 is 19.5 Å². The number of amides is 1. The first-order valence-electron chi connectivity index (χ1n) is 7.98. The Balaban J connectivity index is 2.20. The van der Waals surface area contributed by atoms with Gasteiger partial charge in [-0.1, -0.05) is 0 Å². The van der Waals surface area contributed by atoms with E-state index in [2.05, 4.69) is 5.32 Å². The lowest BCUT2D eigenvalue weighted by Crippen LogP contribution is -2.13. The molecular weight excluding hydrogens is 332 g/mol. The van der Waals surface area contributed by atoms with Crippen LogP contribution in [-0.2, 0) is 4.79 Å². The second-order valence-corrected chi connectivity index (χ2v) is 5.23. The van der Waals surface area contributed by atoms with E-state index in [9.17, 15) is 10.1 Å². The average Bonchev–Trinajstić information content (AvgIpc) is 2.67. The fourth-order valence-electron chi connectivity index (χ4n) is 2.23. The van der Waals surface area contributed by atoms with Gasteiger partial charge >= 0.3 is 0 Å². The van der Waals surface area contributed by atoms with E-state index in [4.69, 9.17) is 14.2 Å². The van der Waals surface area contributed by atoms with Crippen LogP contribution in [0.15, 0.2) is 48.0 Å². The Hall–Kier alpha value is -3.46. The number of nitrogens with zero attached hydrogens (tertiary/aromatic N) is 1. The highest BCUT2D eigenvalue weighted by Crippen LogP contribution is 2.24. The number of ether oxygens (including phenoxy) is 3.